The number of hydrogen-bond donors (Lipinski definition) is 0. The molecule has 1 aromatic rings. The van der Waals surface area contributed by atoms with Crippen LogP contribution in [-0.2, 0) is 6.42 Å². The summed E-state index contributed by atoms with van der Waals surface area (Å²) >= 11 is 0. The van der Waals surface area contributed by atoms with Crippen LogP contribution in [0.1, 0.15) is 30.0 Å². The van der Waals surface area contributed by atoms with Gasteiger partial charge < -0.3 is 0 Å². The lowest BCUT2D eigenvalue weighted by Crippen LogP contribution is -1.94. The zero-order chi connectivity index (χ0) is 9.26. The van der Waals surface area contributed by atoms with E-state index in [4.69, 9.17) is 0 Å². The van der Waals surface area contributed by atoms with E-state index in [0.29, 0.717) is 0 Å². The van der Waals surface area contributed by atoms with Crippen molar-refractivity contribution in [3.8, 4) is 0 Å². The van der Waals surface area contributed by atoms with Crippen LogP contribution in [-0.4, -0.2) is 0 Å². The topological polar surface area (TPSA) is 0 Å². The van der Waals surface area contributed by atoms with Gasteiger partial charge in [-0.2, -0.15) is 0 Å². The molecule has 0 N–H and O–H groups in total. The summed E-state index contributed by atoms with van der Waals surface area (Å²) in [4.78, 5) is 0. The van der Waals surface area contributed by atoms with Crippen LogP contribution in [0, 0.1) is 0 Å². The molecule has 0 aromatic heterocycles. The van der Waals surface area contributed by atoms with Crippen LogP contribution < -0.4 is 0 Å². The Labute approximate surface area is 79.6 Å². The summed E-state index contributed by atoms with van der Waals surface area (Å²) < 4.78 is 0. The van der Waals surface area contributed by atoms with E-state index in [1.807, 2.05) is 6.92 Å². The van der Waals surface area contributed by atoms with Crippen LogP contribution in [0.3, 0.4) is 0 Å². The highest BCUT2D eigenvalue weighted by molar-refractivity contribution is 5.67. The quantitative estimate of drug-likeness (QED) is 0.603. The maximum atomic E-state index is 3.95. The van der Waals surface area contributed by atoms with Crippen LogP contribution in [0.25, 0.3) is 11.6 Å². The third-order valence-corrected chi connectivity index (χ3v) is 2.52. The Morgan fingerprint density at radius 2 is 2.23 bits per heavy atom. The molecule has 0 saturated heterocycles. The van der Waals surface area contributed by atoms with Crippen molar-refractivity contribution in [2.45, 2.75) is 19.8 Å². The van der Waals surface area contributed by atoms with E-state index in [0.717, 1.165) is 5.57 Å². The van der Waals surface area contributed by atoms with Crippen LogP contribution in [0.15, 0.2) is 30.9 Å². The Hall–Kier alpha value is -1.30. The summed E-state index contributed by atoms with van der Waals surface area (Å²) in [5.41, 5.74) is 5.23. The van der Waals surface area contributed by atoms with E-state index < -0.39 is 0 Å². The lowest BCUT2D eigenvalue weighted by molar-refractivity contribution is 0.985. The molecule has 1 aromatic carbocycles. The first-order valence-electron chi connectivity index (χ1n) is 4.73. The highest BCUT2D eigenvalue weighted by Crippen LogP contribution is 2.22. The van der Waals surface area contributed by atoms with E-state index in [1.165, 1.54) is 29.5 Å². The van der Waals surface area contributed by atoms with Gasteiger partial charge in [0.05, 0.1) is 0 Å². The van der Waals surface area contributed by atoms with Gasteiger partial charge in [0.25, 0.3) is 0 Å². The number of allylic oxidation sites excluding steroid dienone is 2. The van der Waals surface area contributed by atoms with Gasteiger partial charge in [0.1, 0.15) is 0 Å². The molecule has 0 heteroatoms. The zero-order valence-corrected chi connectivity index (χ0v) is 8.01. The first-order chi connectivity index (χ1) is 6.27. The number of rotatable bonds is 1. The molecule has 0 atom stereocenters. The highest BCUT2D eigenvalue weighted by atomic mass is 14.1. The van der Waals surface area contributed by atoms with Crippen molar-refractivity contribution in [2.24, 2.45) is 0 Å². The van der Waals surface area contributed by atoms with Crippen molar-refractivity contribution in [2.75, 3.05) is 0 Å². The molecule has 0 bridgehead atoms. The monoisotopic (exact) mass is 170 g/mol. The first-order valence-corrected chi connectivity index (χ1v) is 4.73. The second-order valence-electron chi connectivity index (χ2n) is 3.63. The molecule has 0 fully saturated rings. The smallest absolute Gasteiger partial charge is 0.0222 e. The molecule has 1 aliphatic rings. The van der Waals surface area contributed by atoms with Gasteiger partial charge in [-0.05, 0) is 42.5 Å². The van der Waals surface area contributed by atoms with E-state index in [2.05, 4.69) is 36.9 Å². The third kappa shape index (κ3) is 1.57. The average Bonchev–Trinajstić information content (AvgIpc) is 2.17. The second kappa shape index (κ2) is 3.21. The maximum Gasteiger partial charge on any atom is -0.0222 e. The molecule has 0 saturated carbocycles. The Morgan fingerprint density at radius 1 is 1.38 bits per heavy atom. The Morgan fingerprint density at radius 3 is 3.00 bits per heavy atom. The molecular weight excluding hydrogens is 156 g/mol. The number of fused-ring (bicyclic) bond motifs is 1. The zero-order valence-electron chi connectivity index (χ0n) is 8.01. The van der Waals surface area contributed by atoms with Crippen LogP contribution in [0.5, 0.6) is 0 Å². The fourth-order valence-corrected chi connectivity index (χ4v) is 1.69. The van der Waals surface area contributed by atoms with Crippen LogP contribution in [0.2, 0.25) is 0 Å². The van der Waals surface area contributed by atoms with Crippen molar-refractivity contribution >= 4 is 11.6 Å². The summed E-state index contributed by atoms with van der Waals surface area (Å²) in [6.45, 7) is 6.00. The normalized spacial score (nSPS) is 13.9. The minimum Gasteiger partial charge on any atom is -0.0955 e. The van der Waals surface area contributed by atoms with Gasteiger partial charge >= 0.3 is 0 Å². The molecule has 0 amide bonds. The highest BCUT2D eigenvalue weighted by Gasteiger charge is 2.04. The standard InChI is InChI=1S/C13H14/c1-10(2)12-8-7-11-5-3-4-6-13(11)9-12/h4,6-9H,1,3,5H2,2H3. The number of aryl methyl sites for hydroxylation is 1. The number of hydrogen-bond acceptors (Lipinski definition) is 0. The predicted octanol–water partition coefficient (Wildman–Crippen LogP) is 3.68. The van der Waals surface area contributed by atoms with Crippen molar-refractivity contribution in [3.05, 3.63) is 47.5 Å². The molecule has 13 heavy (non-hydrogen) atoms. The fourth-order valence-electron chi connectivity index (χ4n) is 1.69. The van der Waals surface area contributed by atoms with Gasteiger partial charge in [-0.3, -0.25) is 0 Å². The van der Waals surface area contributed by atoms with Crippen molar-refractivity contribution < 1.29 is 0 Å². The van der Waals surface area contributed by atoms with Crippen molar-refractivity contribution in [3.63, 3.8) is 0 Å². The molecule has 0 nitrogen and oxygen atoms in total. The molecule has 1 aliphatic carbocycles. The first kappa shape index (κ1) is 8.31. The number of benzene rings is 1. The summed E-state index contributed by atoms with van der Waals surface area (Å²) in [5.74, 6) is 0. The van der Waals surface area contributed by atoms with Crippen LogP contribution in [0.4, 0.5) is 0 Å². The van der Waals surface area contributed by atoms with Gasteiger partial charge in [0.2, 0.25) is 0 Å². The SMILES string of the molecule is C=C(C)c1ccc2c(c1)C=CCC2. The molecular formula is C13H14. The van der Waals surface area contributed by atoms with Gasteiger partial charge in [-0.15, -0.1) is 0 Å². The average molecular weight is 170 g/mol. The minimum atomic E-state index is 1.14. The van der Waals surface area contributed by atoms with Gasteiger partial charge in [0.15, 0.2) is 0 Å². The van der Waals surface area contributed by atoms with Gasteiger partial charge in [-0.25, -0.2) is 0 Å². The lowest BCUT2D eigenvalue weighted by Gasteiger charge is -2.11. The molecule has 0 unspecified atom stereocenters. The molecule has 0 aliphatic heterocycles. The molecule has 2 rings (SSSR count). The van der Waals surface area contributed by atoms with Crippen LogP contribution >= 0.6 is 0 Å². The van der Waals surface area contributed by atoms with E-state index in [1.54, 1.807) is 0 Å². The van der Waals surface area contributed by atoms with E-state index in [9.17, 15) is 0 Å². The van der Waals surface area contributed by atoms with Crippen molar-refractivity contribution in [1.82, 2.24) is 0 Å². The Kier molecular flexibility index (Phi) is 2.05. The maximum absolute atomic E-state index is 3.95. The lowest BCUT2D eigenvalue weighted by atomic mass is 9.94. The minimum absolute atomic E-state index is 1.14. The molecule has 0 radical (unpaired) electrons. The predicted molar refractivity (Wildman–Crippen MR) is 58.5 cm³/mol. The Bertz CT molecular complexity index is 370. The van der Waals surface area contributed by atoms with Gasteiger partial charge in [-0.1, -0.05) is 36.4 Å². The third-order valence-electron chi connectivity index (χ3n) is 2.52. The summed E-state index contributed by atoms with van der Waals surface area (Å²) in [5, 5.41) is 0. The Balaban J connectivity index is 2.48. The van der Waals surface area contributed by atoms with E-state index >= 15 is 0 Å². The summed E-state index contributed by atoms with van der Waals surface area (Å²) in [6, 6.07) is 6.62. The second-order valence-corrected chi connectivity index (χ2v) is 3.63. The van der Waals surface area contributed by atoms with Crippen molar-refractivity contribution in [1.29, 1.82) is 0 Å². The summed E-state index contributed by atoms with van der Waals surface area (Å²) in [7, 11) is 0. The van der Waals surface area contributed by atoms with E-state index in [-0.39, 0.29) is 0 Å². The summed E-state index contributed by atoms with van der Waals surface area (Å²) in [6.07, 6.45) is 6.82. The molecule has 0 heterocycles. The molecule has 66 valence electrons. The largest absolute Gasteiger partial charge is 0.0955 e. The fraction of sp³-hybridized carbons (Fsp3) is 0.231. The molecule has 0 spiro atoms. The van der Waals surface area contributed by atoms with Gasteiger partial charge in [0, 0.05) is 0 Å².